The first kappa shape index (κ1) is 21.2. The number of anilines is 1. The monoisotopic (exact) mass is 437 g/mol. The number of carbonyl (C=O) groups excluding carboxylic acids is 2. The summed E-state index contributed by atoms with van der Waals surface area (Å²) >= 11 is 6.35. The zero-order valence-corrected chi connectivity index (χ0v) is 18.3. The molecule has 0 aromatic heterocycles. The van der Waals surface area contributed by atoms with Crippen molar-refractivity contribution < 1.29 is 19.1 Å². The minimum Gasteiger partial charge on any atom is -0.495 e. The Morgan fingerprint density at radius 2 is 2.07 bits per heavy atom. The van der Waals surface area contributed by atoms with Crippen LogP contribution >= 0.6 is 11.6 Å². The number of carbonyl (C=O) groups is 2. The van der Waals surface area contributed by atoms with Crippen molar-refractivity contribution in [2.45, 2.75) is 31.8 Å². The van der Waals surface area contributed by atoms with Crippen molar-refractivity contribution in [1.29, 1.82) is 0 Å². The Morgan fingerprint density at radius 3 is 2.77 bits per heavy atom. The van der Waals surface area contributed by atoms with Crippen LogP contribution in [-0.4, -0.2) is 92.1 Å². The summed E-state index contributed by atoms with van der Waals surface area (Å²) in [5.74, 6) is 0.445. The number of ether oxygens (including phenoxy) is 2. The Morgan fingerprint density at radius 1 is 1.27 bits per heavy atom. The van der Waals surface area contributed by atoms with Crippen LogP contribution in [0.15, 0.2) is 18.2 Å². The number of amides is 3. The van der Waals surface area contributed by atoms with Gasteiger partial charge in [-0.05, 0) is 31.5 Å². The van der Waals surface area contributed by atoms with Gasteiger partial charge in [-0.25, -0.2) is 4.79 Å². The van der Waals surface area contributed by atoms with Crippen LogP contribution in [0.2, 0.25) is 5.02 Å². The van der Waals surface area contributed by atoms with Crippen LogP contribution in [-0.2, 0) is 9.53 Å². The minimum absolute atomic E-state index is 0.174. The van der Waals surface area contributed by atoms with Gasteiger partial charge < -0.3 is 19.3 Å². The highest BCUT2D eigenvalue weighted by Crippen LogP contribution is 2.35. The molecule has 164 valence electrons. The SMILES string of the molecule is CCOCCN1C(=O)C2C(NC3N(c4ccc(OC)c(Cl)c4)CCCN23)N(C)C1=O. The van der Waals surface area contributed by atoms with E-state index >= 15 is 0 Å². The van der Waals surface area contributed by atoms with Crippen molar-refractivity contribution in [2.75, 3.05) is 51.9 Å². The third-order valence-corrected chi connectivity index (χ3v) is 6.30. The van der Waals surface area contributed by atoms with Crippen molar-refractivity contribution in [3.8, 4) is 5.75 Å². The molecule has 3 aliphatic heterocycles. The molecule has 3 saturated heterocycles. The minimum atomic E-state index is -0.434. The van der Waals surface area contributed by atoms with Crippen molar-refractivity contribution in [1.82, 2.24) is 20.0 Å². The van der Waals surface area contributed by atoms with E-state index in [4.69, 9.17) is 21.1 Å². The van der Waals surface area contributed by atoms with Crippen LogP contribution in [0.4, 0.5) is 10.5 Å². The third-order valence-electron chi connectivity index (χ3n) is 6.00. The topological polar surface area (TPSA) is 77.6 Å². The van der Waals surface area contributed by atoms with Crippen molar-refractivity contribution in [2.24, 2.45) is 0 Å². The van der Waals surface area contributed by atoms with Crippen molar-refractivity contribution in [3.63, 3.8) is 0 Å². The molecule has 1 aromatic carbocycles. The fraction of sp³-hybridized carbons (Fsp3) is 0.600. The number of nitrogens with one attached hydrogen (secondary N) is 1. The quantitative estimate of drug-likeness (QED) is 0.673. The Kier molecular flexibility index (Phi) is 6.06. The summed E-state index contributed by atoms with van der Waals surface area (Å²) in [6, 6.07) is 4.94. The molecule has 3 fully saturated rings. The zero-order chi connectivity index (χ0) is 21.4. The van der Waals surface area contributed by atoms with E-state index in [0.717, 1.165) is 25.2 Å². The molecule has 3 heterocycles. The first-order valence-electron chi connectivity index (χ1n) is 10.3. The molecule has 0 saturated carbocycles. The van der Waals surface area contributed by atoms with E-state index in [2.05, 4.69) is 15.1 Å². The number of imide groups is 1. The zero-order valence-electron chi connectivity index (χ0n) is 17.5. The predicted molar refractivity (Wildman–Crippen MR) is 113 cm³/mol. The van der Waals surface area contributed by atoms with Crippen molar-refractivity contribution >= 4 is 29.2 Å². The highest BCUT2D eigenvalue weighted by molar-refractivity contribution is 6.32. The van der Waals surface area contributed by atoms with E-state index < -0.39 is 6.04 Å². The normalized spacial score (nSPS) is 26.8. The predicted octanol–water partition coefficient (Wildman–Crippen LogP) is 1.37. The number of nitrogens with zero attached hydrogens (tertiary/aromatic N) is 4. The van der Waals surface area contributed by atoms with Gasteiger partial charge in [-0.15, -0.1) is 0 Å². The smallest absolute Gasteiger partial charge is 0.327 e. The maximum atomic E-state index is 13.3. The van der Waals surface area contributed by atoms with Crippen LogP contribution in [0.25, 0.3) is 0 Å². The lowest BCUT2D eigenvalue weighted by molar-refractivity contribution is -0.139. The summed E-state index contributed by atoms with van der Waals surface area (Å²) < 4.78 is 10.6. The third kappa shape index (κ3) is 3.49. The molecule has 3 amide bonds. The van der Waals surface area contributed by atoms with E-state index in [1.165, 1.54) is 4.90 Å². The second-order valence-electron chi connectivity index (χ2n) is 7.61. The number of fused-ring (bicyclic) bond motifs is 3. The second-order valence-corrected chi connectivity index (χ2v) is 8.02. The highest BCUT2D eigenvalue weighted by atomic mass is 35.5. The molecule has 0 bridgehead atoms. The average molecular weight is 438 g/mol. The van der Waals surface area contributed by atoms with Gasteiger partial charge in [-0.2, -0.15) is 0 Å². The molecule has 0 aliphatic carbocycles. The number of likely N-dealkylation sites (N-methyl/N-ethyl adjacent to an activating group) is 1. The van der Waals surface area contributed by atoms with Gasteiger partial charge in [0.25, 0.3) is 5.91 Å². The van der Waals surface area contributed by atoms with Crippen LogP contribution in [0.1, 0.15) is 13.3 Å². The summed E-state index contributed by atoms with van der Waals surface area (Å²) in [7, 11) is 3.32. The number of halogens is 1. The molecular formula is C20H28ClN5O4. The maximum absolute atomic E-state index is 13.3. The van der Waals surface area contributed by atoms with Gasteiger partial charge in [0.1, 0.15) is 24.2 Å². The standard InChI is InChI=1S/C20H28ClN5O4/c1-4-30-11-10-26-18(27)16-17(23(2)20(26)28)22-19-24(8-5-9-25(16)19)13-6-7-15(29-3)14(21)12-13/h6-7,12,16-17,19,22H,4-5,8-11H2,1-3H3. The van der Waals surface area contributed by atoms with Crippen LogP contribution in [0.5, 0.6) is 5.75 Å². The molecule has 30 heavy (non-hydrogen) atoms. The van der Waals surface area contributed by atoms with Gasteiger partial charge in [-0.1, -0.05) is 11.6 Å². The maximum Gasteiger partial charge on any atom is 0.327 e. The largest absolute Gasteiger partial charge is 0.495 e. The van der Waals surface area contributed by atoms with Gasteiger partial charge in [0, 0.05) is 32.4 Å². The molecule has 10 heteroatoms. The van der Waals surface area contributed by atoms with E-state index in [1.54, 1.807) is 19.1 Å². The lowest BCUT2D eigenvalue weighted by atomic mass is 10.1. The summed E-state index contributed by atoms with van der Waals surface area (Å²) in [6.45, 7) is 4.62. The fourth-order valence-electron chi connectivity index (χ4n) is 4.52. The Labute approximate surface area is 181 Å². The van der Waals surface area contributed by atoms with E-state index in [-0.39, 0.29) is 30.9 Å². The molecule has 0 spiro atoms. The number of benzene rings is 1. The molecule has 1 N–H and O–H groups in total. The Hall–Kier alpha value is -2.07. The number of urea groups is 1. The Balaban J connectivity index is 1.59. The van der Waals surface area contributed by atoms with Gasteiger partial charge in [0.15, 0.2) is 0 Å². The van der Waals surface area contributed by atoms with Crippen molar-refractivity contribution in [3.05, 3.63) is 23.2 Å². The van der Waals surface area contributed by atoms with Crippen LogP contribution in [0, 0.1) is 0 Å². The molecule has 0 radical (unpaired) electrons. The summed E-state index contributed by atoms with van der Waals surface area (Å²) in [5, 5.41) is 4.03. The molecule has 3 unspecified atom stereocenters. The van der Waals surface area contributed by atoms with E-state index in [1.807, 2.05) is 25.1 Å². The van der Waals surface area contributed by atoms with Gasteiger partial charge >= 0.3 is 6.03 Å². The Bertz CT molecular complexity index is 824. The molecule has 9 nitrogen and oxygen atoms in total. The molecular weight excluding hydrogens is 410 g/mol. The molecule has 3 atom stereocenters. The fourth-order valence-corrected chi connectivity index (χ4v) is 4.78. The first-order chi connectivity index (χ1) is 14.5. The second kappa shape index (κ2) is 8.58. The van der Waals surface area contributed by atoms with Crippen LogP contribution < -0.4 is 15.0 Å². The van der Waals surface area contributed by atoms with E-state index in [0.29, 0.717) is 24.0 Å². The molecule has 3 aliphatic rings. The first-order valence-corrected chi connectivity index (χ1v) is 10.6. The molecule has 4 rings (SSSR count). The van der Waals surface area contributed by atoms with Gasteiger partial charge in [0.05, 0.1) is 25.3 Å². The summed E-state index contributed by atoms with van der Waals surface area (Å²) in [4.78, 5) is 33.4. The highest BCUT2D eigenvalue weighted by Gasteiger charge is 2.55. The number of rotatable bonds is 6. The summed E-state index contributed by atoms with van der Waals surface area (Å²) in [6.07, 6.45) is 0.312. The lowest BCUT2D eigenvalue weighted by Crippen LogP contribution is -2.66. The van der Waals surface area contributed by atoms with Crippen LogP contribution in [0.3, 0.4) is 0 Å². The summed E-state index contributed by atoms with van der Waals surface area (Å²) in [5.41, 5.74) is 0.941. The molecule has 1 aromatic rings. The van der Waals surface area contributed by atoms with Gasteiger partial charge in [0.2, 0.25) is 0 Å². The number of hydrogen-bond donors (Lipinski definition) is 1. The number of methoxy groups -OCH3 is 1. The average Bonchev–Trinajstić information content (AvgIpc) is 3.14. The van der Waals surface area contributed by atoms with E-state index in [9.17, 15) is 9.59 Å². The lowest BCUT2D eigenvalue weighted by Gasteiger charge is -2.43. The van der Waals surface area contributed by atoms with Gasteiger partial charge in [-0.3, -0.25) is 19.9 Å². The number of hydrogen-bond acceptors (Lipinski definition) is 7.